The molecular formula is C21H29N4O4+. The molecule has 2 aliphatic rings. The van der Waals surface area contributed by atoms with Gasteiger partial charge in [0.15, 0.2) is 18.0 Å². The molecule has 2 heterocycles. The van der Waals surface area contributed by atoms with Crippen LogP contribution in [0.5, 0.6) is 11.5 Å². The lowest BCUT2D eigenvalue weighted by molar-refractivity contribution is -0.896. The van der Waals surface area contributed by atoms with Crippen LogP contribution in [-0.2, 0) is 9.59 Å². The zero-order valence-corrected chi connectivity index (χ0v) is 17.2. The molecule has 156 valence electrons. The predicted octanol–water partition coefficient (Wildman–Crippen LogP) is -0.392. The molecule has 2 atom stereocenters. The van der Waals surface area contributed by atoms with Crippen LogP contribution in [0.1, 0.15) is 20.8 Å². The Bertz CT molecular complexity index is 798. The van der Waals surface area contributed by atoms with Crippen LogP contribution in [0.2, 0.25) is 0 Å². The molecule has 2 aliphatic heterocycles. The van der Waals surface area contributed by atoms with Gasteiger partial charge in [0, 0.05) is 0 Å². The third kappa shape index (κ3) is 4.80. The summed E-state index contributed by atoms with van der Waals surface area (Å²) in [5, 5.41) is 12.2. The second-order valence-corrected chi connectivity index (χ2v) is 8.13. The van der Waals surface area contributed by atoms with E-state index < -0.39 is 11.6 Å². The minimum absolute atomic E-state index is 0.0174. The summed E-state index contributed by atoms with van der Waals surface area (Å²) < 4.78 is 11.5. The van der Waals surface area contributed by atoms with Gasteiger partial charge in [-0.15, -0.1) is 0 Å². The number of piperazine rings is 1. The Balaban J connectivity index is 1.48. The third-order valence-electron chi connectivity index (χ3n) is 5.76. The summed E-state index contributed by atoms with van der Waals surface area (Å²) in [6, 6.07) is 9.51. The first-order chi connectivity index (χ1) is 13.8. The van der Waals surface area contributed by atoms with E-state index in [1.807, 2.05) is 32.0 Å². The highest BCUT2D eigenvalue weighted by molar-refractivity contribution is 5.82. The maximum absolute atomic E-state index is 12.8. The number of para-hydroxylation sites is 2. The molecule has 0 unspecified atom stereocenters. The number of nitrogens with one attached hydrogen (secondary N) is 2. The number of nitriles is 1. The molecule has 0 aliphatic carbocycles. The highest BCUT2D eigenvalue weighted by Gasteiger charge is 2.35. The summed E-state index contributed by atoms with van der Waals surface area (Å²) in [4.78, 5) is 28.0. The molecule has 8 heteroatoms. The zero-order valence-electron chi connectivity index (χ0n) is 17.2. The second kappa shape index (κ2) is 8.70. The number of carbonyl (C=O) groups excluding carboxylic acids is 2. The molecule has 29 heavy (non-hydrogen) atoms. The summed E-state index contributed by atoms with van der Waals surface area (Å²) in [6.45, 7) is 8.53. The average Bonchev–Trinajstić information content (AvgIpc) is 2.73. The van der Waals surface area contributed by atoms with Crippen LogP contribution in [0.3, 0.4) is 0 Å². The van der Waals surface area contributed by atoms with Crippen LogP contribution < -0.4 is 19.7 Å². The number of hydrogen-bond acceptors (Lipinski definition) is 5. The van der Waals surface area contributed by atoms with Gasteiger partial charge < -0.3 is 24.6 Å². The van der Waals surface area contributed by atoms with Gasteiger partial charge in [-0.05, 0) is 25.0 Å². The van der Waals surface area contributed by atoms with Crippen LogP contribution in [0.15, 0.2) is 24.3 Å². The number of amides is 2. The van der Waals surface area contributed by atoms with Gasteiger partial charge in [-0.25, -0.2) is 0 Å². The maximum Gasteiger partial charge on any atom is 0.276 e. The Morgan fingerprint density at radius 3 is 2.59 bits per heavy atom. The van der Waals surface area contributed by atoms with Crippen molar-refractivity contribution in [2.75, 3.05) is 39.3 Å². The van der Waals surface area contributed by atoms with E-state index >= 15 is 0 Å². The van der Waals surface area contributed by atoms with Crippen molar-refractivity contribution < 1.29 is 24.0 Å². The summed E-state index contributed by atoms with van der Waals surface area (Å²) in [6.07, 6.45) is -0.642. The number of carbonyl (C=O) groups is 2. The van der Waals surface area contributed by atoms with Crippen LogP contribution in [0, 0.1) is 17.2 Å². The highest BCUT2D eigenvalue weighted by Crippen LogP contribution is 2.31. The van der Waals surface area contributed by atoms with Crippen molar-refractivity contribution >= 4 is 11.8 Å². The highest BCUT2D eigenvalue weighted by atomic mass is 16.6. The third-order valence-corrected chi connectivity index (χ3v) is 5.76. The first-order valence-electron chi connectivity index (χ1n) is 10.1. The topological polar surface area (TPSA) is 96.1 Å². The number of quaternary nitrogens is 1. The van der Waals surface area contributed by atoms with Gasteiger partial charge in [0.05, 0.1) is 32.2 Å². The normalized spacial score (nSPS) is 21.2. The monoisotopic (exact) mass is 401 g/mol. The van der Waals surface area contributed by atoms with Gasteiger partial charge >= 0.3 is 0 Å². The molecule has 0 aromatic heterocycles. The molecule has 2 N–H and O–H groups in total. The maximum atomic E-state index is 12.8. The molecule has 2 amide bonds. The zero-order chi connectivity index (χ0) is 21.0. The number of benzene rings is 1. The number of fused-ring (bicyclic) bond motifs is 1. The van der Waals surface area contributed by atoms with Crippen LogP contribution in [0.4, 0.5) is 0 Å². The van der Waals surface area contributed by atoms with E-state index in [1.165, 1.54) is 0 Å². The summed E-state index contributed by atoms with van der Waals surface area (Å²) >= 11 is 0. The number of rotatable bonds is 5. The summed E-state index contributed by atoms with van der Waals surface area (Å²) in [7, 11) is 0. The van der Waals surface area contributed by atoms with Gasteiger partial charge in [0.25, 0.3) is 11.8 Å². The standard InChI is InChI=1S/C21H28N4O4/c1-15(2)21(3,14-22)23-19(26)12-24-8-10-25(11-9-24)20(27)18-13-28-16-6-4-5-7-17(16)29-18/h4-7,15,18H,8-13H2,1-3H3,(H,23,26)/p+1/t18-,21-/m0/s1. The van der Waals surface area contributed by atoms with Crippen molar-refractivity contribution in [3.63, 3.8) is 0 Å². The van der Waals surface area contributed by atoms with Crippen molar-refractivity contribution in [2.45, 2.75) is 32.4 Å². The van der Waals surface area contributed by atoms with Gasteiger partial charge in [-0.2, -0.15) is 5.26 Å². The molecule has 1 saturated heterocycles. The van der Waals surface area contributed by atoms with Gasteiger partial charge in [0.1, 0.15) is 12.1 Å². The molecule has 1 fully saturated rings. The fraction of sp³-hybridized carbons (Fsp3) is 0.571. The van der Waals surface area contributed by atoms with Crippen LogP contribution >= 0.6 is 0 Å². The summed E-state index contributed by atoms with van der Waals surface area (Å²) in [5.74, 6) is 1.04. The Labute approximate surface area is 171 Å². The van der Waals surface area contributed by atoms with Gasteiger partial charge in [-0.3, -0.25) is 9.59 Å². The Hall–Kier alpha value is -2.79. The van der Waals surface area contributed by atoms with E-state index in [0.29, 0.717) is 44.2 Å². The minimum Gasteiger partial charge on any atom is -0.485 e. The molecule has 8 nitrogen and oxygen atoms in total. The van der Waals surface area contributed by atoms with E-state index in [-0.39, 0.29) is 24.3 Å². The number of ether oxygens (including phenoxy) is 2. The molecule has 0 bridgehead atoms. The first kappa shape index (κ1) is 20.9. The Morgan fingerprint density at radius 1 is 1.31 bits per heavy atom. The number of nitrogens with zero attached hydrogens (tertiary/aromatic N) is 2. The second-order valence-electron chi connectivity index (χ2n) is 8.13. The van der Waals surface area contributed by atoms with Crippen molar-refractivity contribution in [2.24, 2.45) is 5.92 Å². The molecule has 0 saturated carbocycles. The van der Waals surface area contributed by atoms with Crippen LogP contribution in [0.25, 0.3) is 0 Å². The Kier molecular flexibility index (Phi) is 6.28. The minimum atomic E-state index is -0.872. The van der Waals surface area contributed by atoms with Crippen molar-refractivity contribution in [1.29, 1.82) is 5.26 Å². The van der Waals surface area contributed by atoms with E-state index in [2.05, 4.69) is 11.4 Å². The molecular weight excluding hydrogens is 372 g/mol. The average molecular weight is 401 g/mol. The van der Waals surface area contributed by atoms with Crippen molar-refractivity contribution in [1.82, 2.24) is 10.2 Å². The Morgan fingerprint density at radius 2 is 1.97 bits per heavy atom. The lowest BCUT2D eigenvalue weighted by Crippen LogP contribution is -3.16. The fourth-order valence-corrected chi connectivity index (χ4v) is 3.43. The summed E-state index contributed by atoms with van der Waals surface area (Å²) in [5.41, 5.74) is -0.872. The van der Waals surface area contributed by atoms with E-state index in [0.717, 1.165) is 4.90 Å². The van der Waals surface area contributed by atoms with Gasteiger partial charge in [0.2, 0.25) is 6.10 Å². The molecule has 0 radical (unpaired) electrons. The quantitative estimate of drug-likeness (QED) is 0.701. The molecule has 3 rings (SSSR count). The van der Waals surface area contributed by atoms with Crippen molar-refractivity contribution in [3.8, 4) is 17.6 Å². The first-order valence-corrected chi connectivity index (χ1v) is 10.1. The predicted molar refractivity (Wildman–Crippen MR) is 105 cm³/mol. The number of hydrogen-bond donors (Lipinski definition) is 2. The largest absolute Gasteiger partial charge is 0.485 e. The molecule has 0 spiro atoms. The van der Waals surface area contributed by atoms with Gasteiger partial charge in [-0.1, -0.05) is 26.0 Å². The van der Waals surface area contributed by atoms with E-state index in [1.54, 1.807) is 17.9 Å². The van der Waals surface area contributed by atoms with E-state index in [9.17, 15) is 14.9 Å². The lowest BCUT2D eigenvalue weighted by atomic mass is 9.90. The SMILES string of the molecule is CC(C)[C@](C)(C#N)NC(=O)C[NH+]1CCN(C(=O)[C@@H]2COc3ccccc3O2)CC1. The van der Waals surface area contributed by atoms with E-state index in [4.69, 9.17) is 9.47 Å². The fourth-order valence-electron chi connectivity index (χ4n) is 3.43. The molecule has 1 aromatic carbocycles. The smallest absolute Gasteiger partial charge is 0.276 e. The van der Waals surface area contributed by atoms with Crippen molar-refractivity contribution in [3.05, 3.63) is 24.3 Å². The van der Waals surface area contributed by atoms with Crippen LogP contribution in [-0.4, -0.2) is 67.7 Å². The molecule has 1 aromatic rings. The lowest BCUT2D eigenvalue weighted by Gasteiger charge is -2.35.